The Kier molecular flexibility index (Phi) is 3.93. The molecule has 0 spiro atoms. The molecule has 1 atom stereocenters. The summed E-state index contributed by atoms with van der Waals surface area (Å²) in [5.74, 6) is -0.117. The third-order valence-corrected chi connectivity index (χ3v) is 5.73. The second-order valence-corrected chi connectivity index (χ2v) is 7.78. The molecule has 0 radical (unpaired) electrons. The fourth-order valence-corrected chi connectivity index (χ4v) is 3.47. The van der Waals surface area contributed by atoms with Gasteiger partial charge in [-0.1, -0.05) is 18.2 Å². The number of nitrogens with one attached hydrogen (secondary N) is 1. The molecule has 1 N–H and O–H groups in total. The summed E-state index contributed by atoms with van der Waals surface area (Å²) in [7, 11) is 0. The first kappa shape index (κ1) is 16.3. The van der Waals surface area contributed by atoms with Gasteiger partial charge in [0.15, 0.2) is 0 Å². The second-order valence-electron chi connectivity index (χ2n) is 6.29. The zero-order valence-corrected chi connectivity index (χ0v) is 14.9. The molecule has 4 nitrogen and oxygen atoms in total. The summed E-state index contributed by atoms with van der Waals surface area (Å²) in [5.41, 5.74) is 3.23. The van der Waals surface area contributed by atoms with Gasteiger partial charge in [0.05, 0.1) is 16.8 Å². The summed E-state index contributed by atoms with van der Waals surface area (Å²) in [4.78, 5) is 12.3. The second kappa shape index (κ2) is 5.53. The maximum atomic E-state index is 12.3. The van der Waals surface area contributed by atoms with Gasteiger partial charge >= 0.3 is 0 Å². The molecule has 122 valence electrons. The van der Waals surface area contributed by atoms with Crippen LogP contribution in [0.2, 0.25) is 0 Å². The van der Waals surface area contributed by atoms with Crippen LogP contribution in [0.4, 0.5) is 0 Å². The minimum absolute atomic E-state index is 0.117. The van der Waals surface area contributed by atoms with E-state index in [1.165, 1.54) is 0 Å². The van der Waals surface area contributed by atoms with Gasteiger partial charge in [-0.3, -0.25) is 4.79 Å². The van der Waals surface area contributed by atoms with Crippen molar-refractivity contribution in [2.45, 2.75) is 38.1 Å². The van der Waals surface area contributed by atoms with Crippen molar-refractivity contribution in [2.24, 2.45) is 5.41 Å². The van der Waals surface area contributed by atoms with E-state index in [1.807, 2.05) is 48.9 Å². The number of alkyl halides is 2. The molecule has 3 rings (SSSR count). The molecule has 1 heterocycles. The van der Waals surface area contributed by atoms with Gasteiger partial charge in [-0.2, -0.15) is 5.10 Å². The van der Waals surface area contributed by atoms with Crippen molar-refractivity contribution in [2.75, 3.05) is 0 Å². The minimum Gasteiger partial charge on any atom is -0.351 e. The van der Waals surface area contributed by atoms with E-state index >= 15 is 0 Å². The Morgan fingerprint density at radius 2 is 1.91 bits per heavy atom. The lowest BCUT2D eigenvalue weighted by Crippen LogP contribution is -2.33. The van der Waals surface area contributed by atoms with E-state index in [0.717, 1.165) is 22.6 Å². The number of para-hydroxylation sites is 1. The van der Waals surface area contributed by atoms with E-state index in [0.29, 0.717) is 13.0 Å². The van der Waals surface area contributed by atoms with Gasteiger partial charge in [0.1, 0.15) is 4.33 Å². The van der Waals surface area contributed by atoms with Crippen LogP contribution < -0.4 is 5.32 Å². The Labute approximate surface area is 145 Å². The van der Waals surface area contributed by atoms with Crippen LogP contribution in [-0.2, 0) is 11.3 Å². The fraction of sp³-hybridized carbons (Fsp3) is 0.412. The molecule has 6 heteroatoms. The Hall–Kier alpha value is -1.52. The third kappa shape index (κ3) is 2.74. The van der Waals surface area contributed by atoms with Crippen LogP contribution in [0.5, 0.6) is 0 Å². The van der Waals surface area contributed by atoms with E-state index in [4.69, 9.17) is 23.2 Å². The molecular weight excluding hydrogens is 333 g/mol. The van der Waals surface area contributed by atoms with Gasteiger partial charge in [0.2, 0.25) is 5.91 Å². The lowest BCUT2D eigenvalue weighted by molar-refractivity contribution is -0.125. The van der Waals surface area contributed by atoms with Crippen LogP contribution in [0.15, 0.2) is 30.3 Å². The number of aromatic nitrogens is 2. The minimum atomic E-state index is -0.949. The van der Waals surface area contributed by atoms with Crippen molar-refractivity contribution in [3.63, 3.8) is 0 Å². The predicted octanol–water partition coefficient (Wildman–Crippen LogP) is 3.69. The lowest BCUT2D eigenvalue weighted by Gasteiger charge is -2.13. The van der Waals surface area contributed by atoms with Crippen LogP contribution in [0.1, 0.15) is 30.3 Å². The maximum absolute atomic E-state index is 12.3. The number of carbonyl (C=O) groups is 1. The summed E-state index contributed by atoms with van der Waals surface area (Å²) in [6.07, 6.45) is 0.482. The molecule has 0 aliphatic heterocycles. The average Bonchev–Trinajstić information content (AvgIpc) is 2.90. The molecule has 0 saturated heterocycles. The van der Waals surface area contributed by atoms with E-state index in [9.17, 15) is 4.79 Å². The maximum Gasteiger partial charge on any atom is 0.229 e. The molecule has 1 amide bonds. The number of hydrogen-bond acceptors (Lipinski definition) is 2. The first-order valence-corrected chi connectivity index (χ1v) is 8.28. The predicted molar refractivity (Wildman–Crippen MR) is 92.0 cm³/mol. The van der Waals surface area contributed by atoms with E-state index < -0.39 is 9.75 Å². The third-order valence-electron chi connectivity index (χ3n) is 4.63. The van der Waals surface area contributed by atoms with Crippen LogP contribution >= 0.6 is 23.2 Å². The Balaban J connectivity index is 1.77. The number of amides is 1. The highest BCUT2D eigenvalue weighted by Gasteiger charge is 2.67. The SMILES string of the molecule is Cc1nn(-c2ccccc2)c(C)c1CNC(=O)C1(C)CC1(Cl)Cl. The summed E-state index contributed by atoms with van der Waals surface area (Å²) in [5, 5.41) is 7.52. The van der Waals surface area contributed by atoms with Crippen molar-refractivity contribution < 1.29 is 4.79 Å². The number of aryl methyl sites for hydroxylation is 1. The van der Waals surface area contributed by atoms with Crippen molar-refractivity contribution in [1.29, 1.82) is 0 Å². The quantitative estimate of drug-likeness (QED) is 0.853. The summed E-state index contributed by atoms with van der Waals surface area (Å²) in [6, 6.07) is 9.92. The highest BCUT2D eigenvalue weighted by molar-refractivity contribution is 6.53. The standard InChI is InChI=1S/C17H19Cl2N3O/c1-11-14(9-20-15(23)16(3)10-17(16,18)19)12(2)22(21-11)13-7-5-4-6-8-13/h4-8H,9-10H2,1-3H3,(H,20,23). The van der Waals surface area contributed by atoms with Gasteiger partial charge < -0.3 is 5.32 Å². The van der Waals surface area contributed by atoms with E-state index in [1.54, 1.807) is 6.92 Å². The zero-order valence-electron chi connectivity index (χ0n) is 13.4. The van der Waals surface area contributed by atoms with Gasteiger partial charge in [-0.15, -0.1) is 23.2 Å². The van der Waals surface area contributed by atoms with Gasteiger partial charge in [0, 0.05) is 17.8 Å². The van der Waals surface area contributed by atoms with Gasteiger partial charge in [0.25, 0.3) is 0 Å². The van der Waals surface area contributed by atoms with Crippen LogP contribution in [0.3, 0.4) is 0 Å². The molecule has 0 bridgehead atoms. The van der Waals surface area contributed by atoms with E-state index in [2.05, 4.69) is 10.4 Å². The Bertz CT molecular complexity index is 755. The molecular formula is C17H19Cl2N3O. The highest BCUT2D eigenvalue weighted by Crippen LogP contribution is 2.63. The summed E-state index contributed by atoms with van der Waals surface area (Å²) >= 11 is 12.1. The van der Waals surface area contributed by atoms with E-state index in [-0.39, 0.29) is 5.91 Å². The number of rotatable bonds is 4. The van der Waals surface area contributed by atoms with Crippen molar-refractivity contribution >= 4 is 29.1 Å². The largest absolute Gasteiger partial charge is 0.351 e. The van der Waals surface area contributed by atoms with Crippen LogP contribution in [-0.4, -0.2) is 20.0 Å². The smallest absolute Gasteiger partial charge is 0.229 e. The normalized spacial score (nSPS) is 22.0. The lowest BCUT2D eigenvalue weighted by atomic mass is 10.1. The molecule has 1 aliphatic carbocycles. The summed E-state index contributed by atoms with van der Waals surface area (Å²) in [6.45, 7) is 6.15. The Morgan fingerprint density at radius 1 is 1.30 bits per heavy atom. The summed E-state index contributed by atoms with van der Waals surface area (Å²) < 4.78 is 0.943. The molecule has 23 heavy (non-hydrogen) atoms. The van der Waals surface area contributed by atoms with Crippen molar-refractivity contribution in [3.8, 4) is 5.69 Å². The Morgan fingerprint density at radius 3 is 2.48 bits per heavy atom. The number of halogens is 2. The number of carbonyl (C=O) groups excluding carboxylic acids is 1. The monoisotopic (exact) mass is 351 g/mol. The van der Waals surface area contributed by atoms with Gasteiger partial charge in [-0.25, -0.2) is 4.68 Å². The molecule has 2 aromatic rings. The molecule has 1 fully saturated rings. The first-order valence-electron chi connectivity index (χ1n) is 7.53. The number of benzene rings is 1. The molecule has 1 saturated carbocycles. The fourth-order valence-electron chi connectivity index (χ4n) is 2.76. The topological polar surface area (TPSA) is 46.9 Å². The van der Waals surface area contributed by atoms with Crippen molar-refractivity contribution in [3.05, 3.63) is 47.3 Å². The molecule has 1 aromatic carbocycles. The van der Waals surface area contributed by atoms with Gasteiger partial charge in [-0.05, 0) is 39.3 Å². The number of nitrogens with zero attached hydrogens (tertiary/aromatic N) is 2. The zero-order chi connectivity index (χ0) is 16.8. The molecule has 1 unspecified atom stereocenters. The highest BCUT2D eigenvalue weighted by atomic mass is 35.5. The molecule has 1 aromatic heterocycles. The van der Waals surface area contributed by atoms with Crippen LogP contribution in [0, 0.1) is 19.3 Å². The van der Waals surface area contributed by atoms with Crippen LogP contribution in [0.25, 0.3) is 5.69 Å². The van der Waals surface area contributed by atoms with Crippen molar-refractivity contribution in [1.82, 2.24) is 15.1 Å². The number of hydrogen-bond donors (Lipinski definition) is 1. The average molecular weight is 352 g/mol. The molecule has 1 aliphatic rings. The first-order chi connectivity index (χ1) is 10.8.